The van der Waals surface area contributed by atoms with Crippen molar-refractivity contribution in [1.82, 2.24) is 9.88 Å². The highest BCUT2D eigenvalue weighted by Crippen LogP contribution is 2.25. The van der Waals surface area contributed by atoms with Crippen molar-refractivity contribution in [2.24, 2.45) is 0 Å². The first-order chi connectivity index (χ1) is 11.5. The molecule has 0 radical (unpaired) electrons. The fourth-order valence-electron chi connectivity index (χ4n) is 2.17. The summed E-state index contributed by atoms with van der Waals surface area (Å²) in [6, 6.07) is 9.34. The molecule has 0 saturated carbocycles. The van der Waals surface area contributed by atoms with Crippen LogP contribution in [-0.4, -0.2) is 37.1 Å². The molecule has 1 aromatic carbocycles. The van der Waals surface area contributed by atoms with Crippen LogP contribution in [0.25, 0.3) is 12.2 Å². The molecule has 5 heteroatoms. The molecular formula is C19H22Cl2N2O. The Morgan fingerprint density at radius 2 is 1.92 bits per heavy atom. The van der Waals surface area contributed by atoms with Crippen molar-refractivity contribution in [2.75, 3.05) is 27.2 Å². The summed E-state index contributed by atoms with van der Waals surface area (Å²) in [4.78, 5) is 6.70. The van der Waals surface area contributed by atoms with E-state index in [1.165, 1.54) is 0 Å². The second-order valence-electron chi connectivity index (χ2n) is 5.84. The quantitative estimate of drug-likeness (QED) is 0.631. The Balaban J connectivity index is 2.13. The number of aromatic nitrogens is 1. The molecule has 2 rings (SSSR count). The van der Waals surface area contributed by atoms with Gasteiger partial charge in [0.2, 0.25) is 0 Å². The van der Waals surface area contributed by atoms with Gasteiger partial charge in [0.25, 0.3) is 0 Å². The average molecular weight is 365 g/mol. The SMILES string of the molecule is Cc1ccc(OCCCN(C)C)c(/C=C/c2ccc(Cl)cc2Cl)n1. The van der Waals surface area contributed by atoms with Gasteiger partial charge in [-0.2, -0.15) is 0 Å². The molecule has 0 spiro atoms. The third kappa shape index (κ3) is 5.82. The maximum Gasteiger partial charge on any atom is 0.144 e. The molecule has 128 valence electrons. The summed E-state index contributed by atoms with van der Waals surface area (Å²) in [5.41, 5.74) is 2.63. The van der Waals surface area contributed by atoms with Gasteiger partial charge in [0.1, 0.15) is 11.4 Å². The van der Waals surface area contributed by atoms with E-state index in [0.29, 0.717) is 16.7 Å². The summed E-state index contributed by atoms with van der Waals surface area (Å²) in [7, 11) is 4.11. The molecule has 0 unspecified atom stereocenters. The molecule has 0 bridgehead atoms. The van der Waals surface area contributed by atoms with Gasteiger partial charge in [0.05, 0.1) is 6.61 Å². The third-order valence-electron chi connectivity index (χ3n) is 3.42. The molecule has 3 nitrogen and oxygen atoms in total. The number of hydrogen-bond acceptors (Lipinski definition) is 3. The molecule has 0 aliphatic carbocycles. The van der Waals surface area contributed by atoms with Crippen molar-refractivity contribution < 1.29 is 4.74 Å². The Bertz CT molecular complexity index is 715. The smallest absolute Gasteiger partial charge is 0.144 e. The highest BCUT2D eigenvalue weighted by Gasteiger charge is 2.04. The van der Waals surface area contributed by atoms with E-state index in [9.17, 15) is 0 Å². The molecule has 0 atom stereocenters. The molecule has 1 aromatic heterocycles. The van der Waals surface area contributed by atoms with Gasteiger partial charge in [-0.15, -0.1) is 0 Å². The van der Waals surface area contributed by atoms with Crippen molar-refractivity contribution in [2.45, 2.75) is 13.3 Å². The van der Waals surface area contributed by atoms with Gasteiger partial charge in [-0.25, -0.2) is 4.98 Å². The van der Waals surface area contributed by atoms with Gasteiger partial charge in [0.15, 0.2) is 0 Å². The number of hydrogen-bond donors (Lipinski definition) is 0. The Morgan fingerprint density at radius 3 is 2.62 bits per heavy atom. The number of rotatable bonds is 7. The van der Waals surface area contributed by atoms with Gasteiger partial charge < -0.3 is 9.64 Å². The zero-order valence-electron chi connectivity index (χ0n) is 14.2. The summed E-state index contributed by atoms with van der Waals surface area (Å²) in [6.07, 6.45) is 4.81. The fourth-order valence-corrected chi connectivity index (χ4v) is 2.65. The van der Waals surface area contributed by atoms with Gasteiger partial charge in [0, 0.05) is 22.3 Å². The number of nitrogens with zero attached hydrogens (tertiary/aromatic N) is 2. The number of pyridine rings is 1. The first-order valence-corrected chi connectivity index (χ1v) is 8.59. The normalized spacial score (nSPS) is 11.4. The van der Waals surface area contributed by atoms with Crippen molar-refractivity contribution in [1.29, 1.82) is 0 Å². The molecule has 0 saturated heterocycles. The monoisotopic (exact) mass is 364 g/mol. The predicted molar refractivity (Wildman–Crippen MR) is 103 cm³/mol. The Labute approximate surface area is 153 Å². The van der Waals surface area contributed by atoms with Gasteiger partial charge in [-0.3, -0.25) is 0 Å². The van der Waals surface area contributed by atoms with E-state index in [4.69, 9.17) is 27.9 Å². The molecule has 0 fully saturated rings. The first kappa shape index (κ1) is 18.8. The highest BCUT2D eigenvalue weighted by molar-refractivity contribution is 6.35. The van der Waals surface area contributed by atoms with Crippen molar-refractivity contribution in [3.8, 4) is 5.75 Å². The molecule has 0 aliphatic heterocycles. The molecule has 2 aromatic rings. The Morgan fingerprint density at radius 1 is 1.12 bits per heavy atom. The van der Waals surface area contributed by atoms with Crippen LogP contribution >= 0.6 is 23.2 Å². The van der Waals surface area contributed by atoms with Crippen molar-refractivity contribution >= 4 is 35.4 Å². The number of benzene rings is 1. The van der Waals surface area contributed by atoms with Crippen LogP contribution in [0.3, 0.4) is 0 Å². The summed E-state index contributed by atoms with van der Waals surface area (Å²) in [6.45, 7) is 3.61. The minimum Gasteiger partial charge on any atom is -0.491 e. The summed E-state index contributed by atoms with van der Waals surface area (Å²) < 4.78 is 5.89. The topological polar surface area (TPSA) is 25.4 Å². The van der Waals surface area contributed by atoms with Crippen molar-refractivity contribution in [3.05, 3.63) is 57.3 Å². The second kappa shape index (κ2) is 9.07. The van der Waals surface area contributed by atoms with Crippen LogP contribution in [0, 0.1) is 6.92 Å². The van der Waals surface area contributed by atoms with E-state index in [0.717, 1.165) is 35.7 Å². The maximum absolute atomic E-state index is 6.21. The number of aryl methyl sites for hydroxylation is 1. The lowest BCUT2D eigenvalue weighted by atomic mass is 10.2. The molecule has 24 heavy (non-hydrogen) atoms. The zero-order valence-corrected chi connectivity index (χ0v) is 15.7. The third-order valence-corrected chi connectivity index (χ3v) is 3.98. The van der Waals surface area contributed by atoms with Crippen LogP contribution in [0.2, 0.25) is 10.0 Å². The lowest BCUT2D eigenvalue weighted by Crippen LogP contribution is -2.15. The lowest BCUT2D eigenvalue weighted by Gasteiger charge is -2.12. The van der Waals surface area contributed by atoms with Crippen LogP contribution in [0.4, 0.5) is 0 Å². The van der Waals surface area contributed by atoms with Gasteiger partial charge in [-0.05, 0) is 63.3 Å². The van der Waals surface area contributed by atoms with E-state index < -0.39 is 0 Å². The van der Waals surface area contributed by atoms with Crippen molar-refractivity contribution in [3.63, 3.8) is 0 Å². The summed E-state index contributed by atoms with van der Waals surface area (Å²) in [5.74, 6) is 0.778. The van der Waals surface area contributed by atoms with Crippen LogP contribution in [-0.2, 0) is 0 Å². The minimum atomic E-state index is 0.611. The number of halogens is 2. The van der Waals surface area contributed by atoms with E-state index in [2.05, 4.69) is 24.0 Å². The van der Waals surface area contributed by atoms with E-state index in [1.807, 2.05) is 43.3 Å². The standard InChI is InChI=1S/C19H22Cl2N2O/c1-14-5-10-19(24-12-4-11-23(2)3)18(22-14)9-7-15-6-8-16(20)13-17(15)21/h5-10,13H,4,11-12H2,1-3H3/b9-7+. The highest BCUT2D eigenvalue weighted by atomic mass is 35.5. The zero-order chi connectivity index (χ0) is 17.5. The van der Waals surface area contributed by atoms with E-state index in [1.54, 1.807) is 6.07 Å². The van der Waals surface area contributed by atoms with Crippen LogP contribution in [0.5, 0.6) is 5.75 Å². The Hall–Kier alpha value is -1.55. The lowest BCUT2D eigenvalue weighted by molar-refractivity contribution is 0.280. The van der Waals surface area contributed by atoms with E-state index >= 15 is 0 Å². The van der Waals surface area contributed by atoms with Crippen LogP contribution < -0.4 is 4.74 Å². The van der Waals surface area contributed by atoms with Gasteiger partial charge >= 0.3 is 0 Å². The largest absolute Gasteiger partial charge is 0.491 e. The first-order valence-electron chi connectivity index (χ1n) is 7.84. The minimum absolute atomic E-state index is 0.611. The molecule has 0 amide bonds. The summed E-state index contributed by atoms with van der Waals surface area (Å²) in [5, 5.41) is 1.23. The van der Waals surface area contributed by atoms with Crippen LogP contribution in [0.1, 0.15) is 23.4 Å². The number of ether oxygens (including phenoxy) is 1. The fraction of sp³-hybridized carbons (Fsp3) is 0.316. The maximum atomic E-state index is 6.21. The average Bonchev–Trinajstić information content (AvgIpc) is 2.52. The molecule has 0 N–H and O–H groups in total. The second-order valence-corrected chi connectivity index (χ2v) is 6.68. The van der Waals surface area contributed by atoms with Crippen LogP contribution in [0.15, 0.2) is 30.3 Å². The predicted octanol–water partition coefficient (Wildman–Crippen LogP) is 5.20. The molecule has 1 heterocycles. The van der Waals surface area contributed by atoms with E-state index in [-0.39, 0.29) is 0 Å². The Kier molecular flexibility index (Phi) is 7.10. The molecule has 0 aliphatic rings. The molecular weight excluding hydrogens is 343 g/mol. The van der Waals surface area contributed by atoms with Gasteiger partial charge in [-0.1, -0.05) is 35.3 Å². The summed E-state index contributed by atoms with van der Waals surface area (Å²) >= 11 is 12.1.